The van der Waals surface area contributed by atoms with Crippen molar-refractivity contribution in [1.29, 1.82) is 5.41 Å². The molecule has 352 valence electrons. The fraction of sp³-hybridized carbons (Fsp3) is 0.469. The first-order chi connectivity index (χ1) is 31.5. The zero-order valence-corrected chi connectivity index (χ0v) is 39.7. The molecule has 7 heterocycles. The van der Waals surface area contributed by atoms with Crippen molar-refractivity contribution in [2.45, 2.75) is 98.8 Å². The number of amides is 2. The molecule has 17 heteroatoms. The summed E-state index contributed by atoms with van der Waals surface area (Å²) < 4.78 is 47.8. The minimum Gasteiger partial charge on any atom is -0.386 e. The van der Waals surface area contributed by atoms with Crippen LogP contribution in [-0.4, -0.2) is 95.6 Å². The van der Waals surface area contributed by atoms with Crippen LogP contribution in [0.1, 0.15) is 88.8 Å². The number of fused-ring (bicyclic) bond motifs is 3. The van der Waals surface area contributed by atoms with E-state index in [9.17, 15) is 22.8 Å². The van der Waals surface area contributed by atoms with Gasteiger partial charge in [-0.1, -0.05) is 19.9 Å². The average molecular weight is 909 g/mol. The second-order valence-corrected chi connectivity index (χ2v) is 17.5. The lowest BCUT2D eigenvalue weighted by Gasteiger charge is -2.37. The van der Waals surface area contributed by atoms with Crippen molar-refractivity contribution in [3.63, 3.8) is 0 Å². The third-order valence-corrected chi connectivity index (χ3v) is 12.6. The highest BCUT2D eigenvalue weighted by molar-refractivity contribution is 6.09. The van der Waals surface area contributed by atoms with Gasteiger partial charge in [-0.15, -0.1) is 0 Å². The van der Waals surface area contributed by atoms with E-state index in [1.165, 1.54) is 51.9 Å². The van der Waals surface area contributed by atoms with Gasteiger partial charge in [0.15, 0.2) is 5.82 Å². The van der Waals surface area contributed by atoms with E-state index in [0.29, 0.717) is 55.7 Å². The molecule has 0 unspecified atom stereocenters. The Kier molecular flexibility index (Phi) is 14.1. The number of halogens is 3. The van der Waals surface area contributed by atoms with E-state index in [4.69, 9.17) is 10.5 Å². The number of nitrogens with zero attached hydrogens (tertiary/aromatic N) is 10. The normalized spacial score (nSPS) is 15.9. The summed E-state index contributed by atoms with van der Waals surface area (Å²) in [6, 6.07) is 9.57. The molecule has 9 rings (SSSR count). The van der Waals surface area contributed by atoms with Crippen LogP contribution in [0, 0.1) is 5.41 Å². The van der Waals surface area contributed by atoms with Crippen molar-refractivity contribution >= 4 is 34.8 Å². The Bertz CT molecular complexity index is 2640. The lowest BCUT2D eigenvalue weighted by molar-refractivity contribution is -0.137. The maximum atomic E-state index is 14.2. The number of nitrogens with one attached hydrogen (secondary N) is 2. The zero-order valence-electron chi connectivity index (χ0n) is 39.7. The topological polar surface area (TPSA) is 136 Å². The molecular formula is C49H63F3N12O2. The minimum atomic E-state index is -4.56. The Morgan fingerprint density at radius 2 is 1.38 bits per heavy atom. The van der Waals surface area contributed by atoms with Crippen LogP contribution < -0.4 is 15.1 Å². The Morgan fingerprint density at radius 1 is 0.758 bits per heavy atom. The Morgan fingerprint density at radius 3 is 2.00 bits per heavy atom. The predicted octanol–water partition coefficient (Wildman–Crippen LogP) is 8.18. The van der Waals surface area contributed by atoms with E-state index >= 15 is 0 Å². The van der Waals surface area contributed by atoms with Gasteiger partial charge in [-0.2, -0.15) is 28.5 Å². The van der Waals surface area contributed by atoms with Gasteiger partial charge in [-0.05, 0) is 86.1 Å². The summed E-state index contributed by atoms with van der Waals surface area (Å²) in [5.74, 6) is 1.19. The van der Waals surface area contributed by atoms with Gasteiger partial charge in [0.2, 0.25) is 11.8 Å². The van der Waals surface area contributed by atoms with E-state index in [1.807, 2.05) is 68.4 Å². The molecule has 66 heavy (non-hydrogen) atoms. The number of carbonyl (C=O) groups is 2. The quantitative estimate of drug-likeness (QED) is 0.129. The molecule has 5 aromatic rings. The van der Waals surface area contributed by atoms with Crippen LogP contribution in [0.25, 0.3) is 22.3 Å². The van der Waals surface area contributed by atoms with Gasteiger partial charge < -0.3 is 24.9 Å². The number of amidine groups is 1. The van der Waals surface area contributed by atoms with Crippen LogP contribution in [0.5, 0.6) is 0 Å². The molecule has 4 aliphatic rings. The SMILES string of the molecule is CC.CC(=O)N1CCC(NC(C)C)=C(C(=N)N2CCCc3cc(-c4cnn(C)c4)c(C(F)(F)F)cc32)C1.CC(=O)N1CCc2c(c(N3CCCc4cc(-c5cnn(C)c5)ccc43)nn2C)C1. The summed E-state index contributed by atoms with van der Waals surface area (Å²) >= 11 is 0. The minimum absolute atomic E-state index is 0.0848. The monoisotopic (exact) mass is 909 g/mol. The van der Waals surface area contributed by atoms with Gasteiger partial charge in [-0.3, -0.25) is 29.0 Å². The number of anilines is 3. The number of aryl methyl sites for hydroxylation is 5. The molecule has 0 bridgehead atoms. The van der Waals surface area contributed by atoms with E-state index in [2.05, 4.69) is 38.6 Å². The van der Waals surface area contributed by atoms with Crippen LogP contribution in [0.2, 0.25) is 0 Å². The maximum absolute atomic E-state index is 14.2. The molecule has 14 nitrogen and oxygen atoms in total. The van der Waals surface area contributed by atoms with Gasteiger partial charge >= 0.3 is 6.18 Å². The molecule has 0 fully saturated rings. The number of aromatic nitrogens is 6. The van der Waals surface area contributed by atoms with Gasteiger partial charge in [0.05, 0.1) is 31.0 Å². The van der Waals surface area contributed by atoms with Crippen molar-refractivity contribution in [3.8, 4) is 22.3 Å². The Labute approximate surface area is 385 Å². The summed E-state index contributed by atoms with van der Waals surface area (Å²) in [7, 11) is 5.63. The van der Waals surface area contributed by atoms with E-state index in [1.54, 1.807) is 36.0 Å². The van der Waals surface area contributed by atoms with Crippen molar-refractivity contribution in [2.24, 2.45) is 21.1 Å². The lowest BCUT2D eigenvalue weighted by Crippen LogP contribution is -2.45. The first kappa shape index (κ1) is 47.6. The number of carbonyl (C=O) groups excluding carboxylic acids is 2. The first-order valence-electron chi connectivity index (χ1n) is 23.0. The van der Waals surface area contributed by atoms with Gasteiger partial charge in [0.1, 0.15) is 5.84 Å². The summed E-state index contributed by atoms with van der Waals surface area (Å²) in [6.45, 7) is 14.7. The van der Waals surface area contributed by atoms with Crippen LogP contribution in [0.3, 0.4) is 0 Å². The standard InChI is InChI=1S/C25H31F3N6O.C22H26N6O.C2H6/c1-15(2)31-22-7-9-33(16(3)35)14-20(22)24(29)34-8-5-6-17-10-19(18-12-30-32(4)13-18)21(11-23(17)34)25(26,27)28;1-15(29)27-10-8-21-19(14-27)22(24-26(21)3)28-9-4-5-17-11-16(6-7-20(17)28)18-12-23-25(2)13-18;1-2/h10-13,15,29,31H,5-9,14H2,1-4H3;6-7,11-13H,4-5,8-10,14H2,1-3H3;1-2H3. The average Bonchev–Trinajstić information content (AvgIpc) is 4.03. The Balaban J connectivity index is 0.000000192. The fourth-order valence-electron chi connectivity index (χ4n) is 9.44. The number of hydrogen-bond acceptors (Lipinski definition) is 8. The summed E-state index contributed by atoms with van der Waals surface area (Å²) in [6.07, 6.45) is 7.33. The molecule has 2 aromatic carbocycles. The third-order valence-electron chi connectivity index (χ3n) is 12.6. The number of hydrogen-bond donors (Lipinski definition) is 2. The third kappa shape index (κ3) is 9.89. The summed E-state index contributed by atoms with van der Waals surface area (Å²) in [5.41, 5.74) is 9.80. The molecule has 2 N–H and O–H groups in total. The summed E-state index contributed by atoms with van der Waals surface area (Å²) in [5, 5.41) is 25.7. The highest BCUT2D eigenvalue weighted by Crippen LogP contribution is 2.43. The molecule has 3 aromatic heterocycles. The number of rotatable bonds is 6. The highest BCUT2D eigenvalue weighted by Gasteiger charge is 2.38. The molecule has 0 saturated heterocycles. The molecule has 0 spiro atoms. The smallest absolute Gasteiger partial charge is 0.386 e. The highest BCUT2D eigenvalue weighted by atomic mass is 19.4. The fourth-order valence-corrected chi connectivity index (χ4v) is 9.44. The van der Waals surface area contributed by atoms with E-state index in [-0.39, 0.29) is 35.8 Å². The van der Waals surface area contributed by atoms with Crippen LogP contribution in [-0.2, 0) is 62.7 Å². The van der Waals surface area contributed by atoms with Crippen molar-refractivity contribution < 1.29 is 22.8 Å². The van der Waals surface area contributed by atoms with Crippen LogP contribution in [0.4, 0.5) is 30.4 Å². The zero-order chi connectivity index (χ0) is 47.6. The van der Waals surface area contributed by atoms with Crippen molar-refractivity contribution in [3.05, 3.63) is 94.3 Å². The lowest BCUT2D eigenvalue weighted by atomic mass is 9.92. The number of alkyl halides is 3. The molecule has 4 aliphatic heterocycles. The molecule has 0 atom stereocenters. The molecule has 0 saturated carbocycles. The predicted molar refractivity (Wildman–Crippen MR) is 253 cm³/mol. The van der Waals surface area contributed by atoms with Gasteiger partial charge in [0, 0.05) is 137 Å². The number of benzene rings is 2. The summed E-state index contributed by atoms with van der Waals surface area (Å²) in [4.78, 5) is 31.6. The van der Waals surface area contributed by atoms with E-state index in [0.717, 1.165) is 55.0 Å². The van der Waals surface area contributed by atoms with Crippen molar-refractivity contribution in [2.75, 3.05) is 42.5 Å². The maximum Gasteiger partial charge on any atom is 0.417 e. The second kappa shape index (κ2) is 19.6. The molecule has 2 amide bonds. The molecule has 0 aliphatic carbocycles. The van der Waals surface area contributed by atoms with Gasteiger partial charge in [-0.25, -0.2) is 0 Å². The Hall–Kier alpha value is -6.39. The van der Waals surface area contributed by atoms with Crippen molar-refractivity contribution in [1.82, 2.24) is 44.5 Å². The van der Waals surface area contributed by atoms with Crippen LogP contribution in [0.15, 0.2) is 66.4 Å². The molecular weight excluding hydrogens is 846 g/mol. The first-order valence-corrected chi connectivity index (χ1v) is 23.0. The second-order valence-electron chi connectivity index (χ2n) is 17.5. The molecule has 0 radical (unpaired) electrons. The van der Waals surface area contributed by atoms with Gasteiger partial charge in [0.25, 0.3) is 0 Å². The largest absolute Gasteiger partial charge is 0.417 e. The van der Waals surface area contributed by atoms with E-state index < -0.39 is 11.7 Å². The van der Waals surface area contributed by atoms with Crippen LogP contribution >= 0.6 is 0 Å².